The molecule has 32 heavy (non-hydrogen) atoms. The van der Waals surface area contributed by atoms with Gasteiger partial charge < -0.3 is 9.84 Å². The van der Waals surface area contributed by atoms with E-state index in [-0.39, 0.29) is 11.3 Å². The topological polar surface area (TPSA) is 70.9 Å². The average molecular weight is 648 g/mol. The first kappa shape index (κ1) is 22.5. The molecule has 0 aliphatic carbocycles. The van der Waals surface area contributed by atoms with Gasteiger partial charge in [-0.1, -0.05) is 54.6 Å². The van der Waals surface area contributed by atoms with E-state index in [1.54, 1.807) is 18.3 Å². The number of benzene rings is 4. The summed E-state index contributed by atoms with van der Waals surface area (Å²) in [6, 6.07) is 24.6. The zero-order chi connectivity index (χ0) is 22.5. The number of amides is 1. The zero-order valence-electron chi connectivity index (χ0n) is 16.8. The van der Waals surface area contributed by atoms with Crippen LogP contribution in [0.2, 0.25) is 0 Å². The van der Waals surface area contributed by atoms with Crippen molar-refractivity contribution >= 4 is 68.1 Å². The standard InChI is InChI=1S/C25H18I2N2O3/c26-21-10-17(11-22(27)24(21)32-15-16-6-2-1-3-7-16)14-28-29-25(31)20-12-18-8-4-5-9-19(18)13-23(20)30/h1-14,30H,15H2,(H,29,31). The number of phenolic OH excluding ortho intramolecular Hbond substituents is 1. The molecule has 7 heteroatoms. The van der Waals surface area contributed by atoms with Gasteiger partial charge in [0.05, 0.1) is 18.9 Å². The van der Waals surface area contributed by atoms with E-state index in [0.29, 0.717) is 6.61 Å². The maximum absolute atomic E-state index is 12.5. The second-order valence-corrected chi connectivity index (χ2v) is 9.33. The molecular formula is C25H18I2N2O3. The number of carbonyl (C=O) groups excluding carboxylic acids is 1. The molecule has 0 saturated heterocycles. The number of fused-ring (bicyclic) bond motifs is 1. The average Bonchev–Trinajstić information content (AvgIpc) is 2.78. The Morgan fingerprint density at radius 2 is 1.56 bits per heavy atom. The maximum Gasteiger partial charge on any atom is 0.275 e. The number of hydrogen-bond donors (Lipinski definition) is 2. The van der Waals surface area contributed by atoms with E-state index >= 15 is 0 Å². The molecule has 0 spiro atoms. The van der Waals surface area contributed by atoms with Crippen LogP contribution in [0.15, 0.2) is 84.0 Å². The van der Waals surface area contributed by atoms with Gasteiger partial charge in [0.25, 0.3) is 5.91 Å². The number of rotatable bonds is 6. The highest BCUT2D eigenvalue weighted by atomic mass is 127. The summed E-state index contributed by atoms with van der Waals surface area (Å²) in [7, 11) is 0. The van der Waals surface area contributed by atoms with Crippen molar-refractivity contribution in [2.24, 2.45) is 5.10 Å². The Morgan fingerprint density at radius 1 is 0.938 bits per heavy atom. The monoisotopic (exact) mass is 648 g/mol. The van der Waals surface area contributed by atoms with E-state index < -0.39 is 5.91 Å². The van der Waals surface area contributed by atoms with Crippen molar-refractivity contribution in [1.82, 2.24) is 5.43 Å². The van der Waals surface area contributed by atoms with E-state index in [1.807, 2.05) is 66.7 Å². The fraction of sp³-hybridized carbons (Fsp3) is 0.0400. The van der Waals surface area contributed by atoms with E-state index in [2.05, 4.69) is 55.7 Å². The smallest absolute Gasteiger partial charge is 0.275 e. The van der Waals surface area contributed by atoms with Crippen molar-refractivity contribution in [3.05, 3.63) is 103 Å². The minimum atomic E-state index is -0.475. The molecule has 4 aromatic carbocycles. The molecule has 160 valence electrons. The summed E-state index contributed by atoms with van der Waals surface area (Å²) in [6.45, 7) is 0.492. The molecule has 4 aromatic rings. The molecular weight excluding hydrogens is 630 g/mol. The number of aromatic hydroxyl groups is 1. The van der Waals surface area contributed by atoms with Gasteiger partial charge in [0.15, 0.2) is 0 Å². The molecule has 0 radical (unpaired) electrons. The number of hydrogen-bond acceptors (Lipinski definition) is 4. The minimum Gasteiger partial charge on any atom is -0.507 e. The molecule has 0 aliphatic heterocycles. The molecule has 0 aromatic heterocycles. The fourth-order valence-electron chi connectivity index (χ4n) is 3.16. The number of phenols is 1. The summed E-state index contributed by atoms with van der Waals surface area (Å²) in [5.41, 5.74) is 4.59. The third-order valence-electron chi connectivity index (χ3n) is 4.73. The second kappa shape index (κ2) is 10.3. The fourth-order valence-corrected chi connectivity index (χ4v) is 5.29. The highest BCUT2D eigenvalue weighted by Gasteiger charge is 2.12. The minimum absolute atomic E-state index is 0.0829. The molecule has 0 bridgehead atoms. The van der Waals surface area contributed by atoms with Crippen LogP contribution < -0.4 is 10.2 Å². The number of nitrogens with one attached hydrogen (secondary N) is 1. The highest BCUT2D eigenvalue weighted by Crippen LogP contribution is 2.29. The van der Waals surface area contributed by atoms with Crippen LogP contribution in [-0.4, -0.2) is 17.2 Å². The van der Waals surface area contributed by atoms with Crippen LogP contribution in [0.25, 0.3) is 10.8 Å². The third-order valence-corrected chi connectivity index (χ3v) is 6.34. The summed E-state index contributed by atoms with van der Waals surface area (Å²) in [5.74, 6) is 0.259. The molecule has 0 saturated carbocycles. The summed E-state index contributed by atoms with van der Waals surface area (Å²) in [6.07, 6.45) is 1.57. The van der Waals surface area contributed by atoms with Crippen LogP contribution in [0, 0.1) is 7.14 Å². The van der Waals surface area contributed by atoms with Gasteiger partial charge in [0.2, 0.25) is 0 Å². The first-order valence-electron chi connectivity index (χ1n) is 9.72. The number of carbonyl (C=O) groups is 1. The van der Waals surface area contributed by atoms with E-state index in [1.165, 1.54) is 0 Å². The van der Waals surface area contributed by atoms with E-state index in [0.717, 1.165) is 34.8 Å². The Labute approximate surface area is 212 Å². The van der Waals surface area contributed by atoms with Crippen molar-refractivity contribution < 1.29 is 14.6 Å². The molecule has 2 N–H and O–H groups in total. The molecule has 1 amide bonds. The highest BCUT2D eigenvalue weighted by molar-refractivity contribution is 14.1. The lowest BCUT2D eigenvalue weighted by Gasteiger charge is -2.11. The molecule has 5 nitrogen and oxygen atoms in total. The van der Waals surface area contributed by atoms with E-state index in [9.17, 15) is 9.90 Å². The van der Waals surface area contributed by atoms with Crippen LogP contribution in [-0.2, 0) is 6.61 Å². The predicted octanol–water partition coefficient (Wildman–Crippen LogP) is 6.10. The van der Waals surface area contributed by atoms with Crippen molar-refractivity contribution in [3.8, 4) is 11.5 Å². The first-order valence-corrected chi connectivity index (χ1v) is 11.9. The van der Waals surface area contributed by atoms with Gasteiger partial charge in [-0.05, 0) is 91.3 Å². The Hall–Kier alpha value is -2.66. The van der Waals surface area contributed by atoms with Crippen LogP contribution in [0.3, 0.4) is 0 Å². The molecule has 0 heterocycles. The van der Waals surface area contributed by atoms with Crippen molar-refractivity contribution in [2.75, 3.05) is 0 Å². The summed E-state index contributed by atoms with van der Waals surface area (Å²) >= 11 is 4.46. The van der Waals surface area contributed by atoms with Crippen LogP contribution in [0.1, 0.15) is 21.5 Å². The van der Waals surface area contributed by atoms with Gasteiger partial charge in [0.1, 0.15) is 18.1 Å². The zero-order valence-corrected chi connectivity index (χ0v) is 21.1. The Balaban J connectivity index is 1.44. The number of nitrogens with zero attached hydrogens (tertiary/aromatic N) is 1. The Morgan fingerprint density at radius 3 is 2.25 bits per heavy atom. The van der Waals surface area contributed by atoms with Crippen molar-refractivity contribution in [2.45, 2.75) is 6.61 Å². The molecule has 0 unspecified atom stereocenters. The largest absolute Gasteiger partial charge is 0.507 e. The van der Waals surface area contributed by atoms with Crippen LogP contribution >= 0.6 is 45.2 Å². The van der Waals surface area contributed by atoms with Crippen molar-refractivity contribution in [3.63, 3.8) is 0 Å². The molecule has 0 fully saturated rings. The van der Waals surface area contributed by atoms with Gasteiger partial charge in [-0.3, -0.25) is 4.79 Å². The lowest BCUT2D eigenvalue weighted by molar-refractivity contribution is 0.0952. The Bertz CT molecular complexity index is 1280. The molecule has 0 atom stereocenters. The molecule has 4 rings (SSSR count). The normalized spacial score (nSPS) is 11.1. The lowest BCUT2D eigenvalue weighted by Crippen LogP contribution is -2.17. The van der Waals surface area contributed by atoms with Gasteiger partial charge in [-0.2, -0.15) is 5.10 Å². The predicted molar refractivity (Wildman–Crippen MR) is 143 cm³/mol. The van der Waals surface area contributed by atoms with Crippen LogP contribution in [0.5, 0.6) is 11.5 Å². The van der Waals surface area contributed by atoms with Crippen molar-refractivity contribution in [1.29, 1.82) is 0 Å². The molecule has 0 aliphatic rings. The SMILES string of the molecule is O=C(NN=Cc1cc(I)c(OCc2ccccc2)c(I)c1)c1cc2ccccc2cc1O. The van der Waals surface area contributed by atoms with Gasteiger partial charge in [0, 0.05) is 0 Å². The number of halogens is 2. The maximum atomic E-state index is 12.5. The van der Waals surface area contributed by atoms with Gasteiger partial charge >= 0.3 is 0 Å². The Kier molecular flexibility index (Phi) is 7.26. The number of hydrazone groups is 1. The number of ether oxygens (including phenoxy) is 1. The van der Waals surface area contributed by atoms with Crippen LogP contribution in [0.4, 0.5) is 0 Å². The van der Waals surface area contributed by atoms with Gasteiger partial charge in [-0.25, -0.2) is 5.43 Å². The summed E-state index contributed by atoms with van der Waals surface area (Å²) in [5, 5.41) is 16.0. The quantitative estimate of drug-likeness (QED) is 0.151. The second-order valence-electron chi connectivity index (χ2n) is 7.00. The van der Waals surface area contributed by atoms with E-state index in [4.69, 9.17) is 4.74 Å². The summed E-state index contributed by atoms with van der Waals surface area (Å²) < 4.78 is 7.90. The summed E-state index contributed by atoms with van der Waals surface area (Å²) in [4.78, 5) is 12.5. The first-order chi connectivity index (χ1) is 15.5. The lowest BCUT2D eigenvalue weighted by atomic mass is 10.1. The third kappa shape index (κ3) is 5.39. The van der Waals surface area contributed by atoms with Gasteiger partial charge in [-0.15, -0.1) is 0 Å².